The van der Waals surface area contributed by atoms with Crippen LogP contribution in [0.4, 0.5) is 0 Å². The highest BCUT2D eigenvalue weighted by Gasteiger charge is 2.17. The van der Waals surface area contributed by atoms with E-state index in [4.69, 9.17) is 5.11 Å². The molecule has 14 heavy (non-hydrogen) atoms. The molecule has 1 rings (SSSR count). The van der Waals surface area contributed by atoms with Gasteiger partial charge in [0.2, 0.25) is 0 Å². The molecule has 0 aliphatic carbocycles. The van der Waals surface area contributed by atoms with Gasteiger partial charge in [-0.1, -0.05) is 15.9 Å². The Bertz CT molecular complexity index is 372. The Morgan fingerprint density at radius 1 is 1.43 bits per heavy atom. The monoisotopic (exact) mass is 256 g/mol. The largest absolute Gasteiger partial charge is 0.481 e. The molecule has 0 heterocycles. The zero-order chi connectivity index (χ0) is 10.9. The number of aryl methyl sites for hydroxylation is 1. The van der Waals surface area contributed by atoms with E-state index in [-0.39, 0.29) is 0 Å². The van der Waals surface area contributed by atoms with Gasteiger partial charge in [0.25, 0.3) is 0 Å². The molecule has 0 aliphatic rings. The number of hydrogen-bond acceptors (Lipinski definition) is 1. The molecule has 0 fully saturated rings. The van der Waals surface area contributed by atoms with Gasteiger partial charge in [-0.3, -0.25) is 4.79 Å². The minimum atomic E-state index is -0.786. The van der Waals surface area contributed by atoms with Gasteiger partial charge in [-0.25, -0.2) is 0 Å². The lowest BCUT2D eigenvalue weighted by atomic mass is 9.94. The normalized spacial score (nSPS) is 12.6. The van der Waals surface area contributed by atoms with Crippen molar-refractivity contribution in [3.05, 3.63) is 33.3 Å². The highest BCUT2D eigenvalue weighted by Crippen LogP contribution is 2.26. The maximum atomic E-state index is 10.9. The number of hydrogen-bond donors (Lipinski definition) is 1. The van der Waals surface area contributed by atoms with Gasteiger partial charge in [0.1, 0.15) is 0 Å². The van der Waals surface area contributed by atoms with E-state index in [9.17, 15) is 4.79 Å². The number of halogens is 1. The van der Waals surface area contributed by atoms with Crippen molar-refractivity contribution in [2.24, 2.45) is 0 Å². The molecular formula is C11H13BrO2. The molecule has 0 radical (unpaired) electrons. The SMILES string of the molecule is Cc1cc(Br)cc(C(C)C(=O)O)c1C. The summed E-state index contributed by atoms with van der Waals surface area (Å²) >= 11 is 3.37. The maximum Gasteiger partial charge on any atom is 0.310 e. The van der Waals surface area contributed by atoms with Crippen molar-refractivity contribution in [3.63, 3.8) is 0 Å². The van der Waals surface area contributed by atoms with Crippen molar-refractivity contribution in [2.75, 3.05) is 0 Å². The minimum absolute atomic E-state index is 0.453. The van der Waals surface area contributed by atoms with E-state index in [1.807, 2.05) is 26.0 Å². The molecule has 0 spiro atoms. The van der Waals surface area contributed by atoms with Crippen LogP contribution in [0.5, 0.6) is 0 Å². The molecule has 0 aromatic heterocycles. The van der Waals surface area contributed by atoms with Crippen LogP contribution in [0.25, 0.3) is 0 Å². The Kier molecular flexibility index (Phi) is 3.32. The van der Waals surface area contributed by atoms with Gasteiger partial charge in [0.05, 0.1) is 5.92 Å². The van der Waals surface area contributed by atoms with Crippen LogP contribution in [0.3, 0.4) is 0 Å². The molecule has 1 N–H and O–H groups in total. The smallest absolute Gasteiger partial charge is 0.310 e. The van der Waals surface area contributed by atoms with Crippen LogP contribution < -0.4 is 0 Å². The van der Waals surface area contributed by atoms with Gasteiger partial charge in [0.15, 0.2) is 0 Å². The standard InChI is InChI=1S/C11H13BrO2/c1-6-4-9(12)5-10(7(6)2)8(3)11(13)14/h4-5,8H,1-3H3,(H,13,14). The second-order valence-electron chi connectivity index (χ2n) is 3.50. The fraction of sp³-hybridized carbons (Fsp3) is 0.364. The van der Waals surface area contributed by atoms with E-state index in [0.717, 1.165) is 21.2 Å². The summed E-state index contributed by atoms with van der Waals surface area (Å²) in [5, 5.41) is 8.93. The molecule has 1 aromatic rings. The first-order valence-electron chi connectivity index (χ1n) is 4.43. The first kappa shape index (κ1) is 11.2. The summed E-state index contributed by atoms with van der Waals surface area (Å²) in [6.07, 6.45) is 0. The van der Waals surface area contributed by atoms with Crippen LogP contribution in [0.2, 0.25) is 0 Å². The Balaban J connectivity index is 3.26. The number of benzene rings is 1. The topological polar surface area (TPSA) is 37.3 Å². The second kappa shape index (κ2) is 4.13. The molecule has 0 saturated carbocycles. The van der Waals surface area contributed by atoms with E-state index >= 15 is 0 Å². The van der Waals surface area contributed by atoms with Gasteiger partial charge in [-0.15, -0.1) is 0 Å². The minimum Gasteiger partial charge on any atom is -0.481 e. The van der Waals surface area contributed by atoms with Crippen LogP contribution in [0, 0.1) is 13.8 Å². The summed E-state index contributed by atoms with van der Waals surface area (Å²) in [5.74, 6) is -1.24. The molecule has 0 aliphatic heterocycles. The highest BCUT2D eigenvalue weighted by molar-refractivity contribution is 9.10. The molecule has 1 unspecified atom stereocenters. The third-order valence-corrected chi connectivity index (χ3v) is 2.97. The van der Waals surface area contributed by atoms with Gasteiger partial charge < -0.3 is 5.11 Å². The lowest BCUT2D eigenvalue weighted by molar-refractivity contribution is -0.138. The van der Waals surface area contributed by atoms with Gasteiger partial charge in [-0.2, -0.15) is 0 Å². The summed E-state index contributed by atoms with van der Waals surface area (Å²) in [6.45, 7) is 5.64. The summed E-state index contributed by atoms with van der Waals surface area (Å²) < 4.78 is 0.934. The van der Waals surface area contributed by atoms with Crippen molar-refractivity contribution < 1.29 is 9.90 Å². The average Bonchev–Trinajstić information content (AvgIpc) is 2.09. The van der Waals surface area contributed by atoms with Crippen LogP contribution in [-0.4, -0.2) is 11.1 Å². The molecule has 1 aromatic carbocycles. The number of rotatable bonds is 2. The van der Waals surface area contributed by atoms with Crippen molar-refractivity contribution in [1.29, 1.82) is 0 Å². The first-order chi connectivity index (χ1) is 6.43. The Labute approximate surface area is 92.1 Å². The maximum absolute atomic E-state index is 10.9. The van der Waals surface area contributed by atoms with E-state index in [1.54, 1.807) is 6.92 Å². The number of carboxylic acids is 1. The Morgan fingerprint density at radius 2 is 2.00 bits per heavy atom. The molecule has 0 amide bonds. The lowest BCUT2D eigenvalue weighted by Gasteiger charge is -2.13. The van der Waals surface area contributed by atoms with Gasteiger partial charge in [0, 0.05) is 4.47 Å². The average molecular weight is 257 g/mol. The molecule has 76 valence electrons. The molecule has 3 heteroatoms. The summed E-state index contributed by atoms with van der Waals surface area (Å²) in [6, 6.07) is 3.87. The lowest BCUT2D eigenvalue weighted by Crippen LogP contribution is -2.09. The zero-order valence-electron chi connectivity index (χ0n) is 8.47. The molecule has 2 nitrogen and oxygen atoms in total. The Hall–Kier alpha value is -0.830. The van der Waals surface area contributed by atoms with E-state index in [2.05, 4.69) is 15.9 Å². The fourth-order valence-corrected chi connectivity index (χ4v) is 2.01. The summed E-state index contributed by atoms with van der Waals surface area (Å²) in [4.78, 5) is 10.9. The van der Waals surface area contributed by atoms with Crippen LogP contribution >= 0.6 is 15.9 Å². The van der Waals surface area contributed by atoms with Crippen LogP contribution in [-0.2, 0) is 4.79 Å². The van der Waals surface area contributed by atoms with Gasteiger partial charge >= 0.3 is 5.97 Å². The van der Waals surface area contributed by atoms with Crippen LogP contribution in [0.1, 0.15) is 29.5 Å². The first-order valence-corrected chi connectivity index (χ1v) is 5.22. The summed E-state index contributed by atoms with van der Waals surface area (Å²) in [5.41, 5.74) is 3.05. The quantitative estimate of drug-likeness (QED) is 0.882. The zero-order valence-corrected chi connectivity index (χ0v) is 10.1. The molecular weight excluding hydrogens is 244 g/mol. The highest BCUT2D eigenvalue weighted by atomic mass is 79.9. The predicted octanol–water partition coefficient (Wildman–Crippen LogP) is 3.25. The van der Waals surface area contributed by atoms with Crippen molar-refractivity contribution in [2.45, 2.75) is 26.7 Å². The van der Waals surface area contributed by atoms with Gasteiger partial charge in [-0.05, 0) is 49.6 Å². The predicted molar refractivity (Wildman–Crippen MR) is 59.7 cm³/mol. The fourth-order valence-electron chi connectivity index (χ4n) is 1.42. The summed E-state index contributed by atoms with van der Waals surface area (Å²) in [7, 11) is 0. The molecule has 1 atom stereocenters. The van der Waals surface area contributed by atoms with Crippen molar-refractivity contribution >= 4 is 21.9 Å². The van der Waals surface area contributed by atoms with Crippen LogP contribution in [0.15, 0.2) is 16.6 Å². The van der Waals surface area contributed by atoms with E-state index < -0.39 is 11.9 Å². The second-order valence-corrected chi connectivity index (χ2v) is 4.41. The number of carboxylic acid groups (broad SMARTS) is 1. The molecule has 0 saturated heterocycles. The third-order valence-electron chi connectivity index (χ3n) is 2.51. The number of aliphatic carboxylic acids is 1. The Morgan fingerprint density at radius 3 is 2.50 bits per heavy atom. The van der Waals surface area contributed by atoms with Crippen molar-refractivity contribution in [1.82, 2.24) is 0 Å². The van der Waals surface area contributed by atoms with Crippen molar-refractivity contribution in [3.8, 4) is 0 Å². The number of carbonyl (C=O) groups is 1. The van der Waals surface area contributed by atoms with E-state index in [0.29, 0.717) is 0 Å². The molecule has 0 bridgehead atoms. The van der Waals surface area contributed by atoms with E-state index in [1.165, 1.54) is 0 Å². The third kappa shape index (κ3) is 2.15.